The Kier molecular flexibility index (Phi) is 4.60. The number of aliphatic carboxylic acids is 1. The van der Waals surface area contributed by atoms with Crippen molar-refractivity contribution >= 4 is 12.0 Å². The topological polar surface area (TPSA) is 105 Å². The lowest BCUT2D eigenvalue weighted by Gasteiger charge is -2.35. The molecule has 1 saturated carbocycles. The Balaban J connectivity index is 1.86. The predicted molar refractivity (Wildman–Crippen MR) is 67.7 cm³/mol. The molecule has 0 aromatic rings. The van der Waals surface area contributed by atoms with Gasteiger partial charge < -0.3 is 25.8 Å². The van der Waals surface area contributed by atoms with Crippen LogP contribution < -0.4 is 11.1 Å². The van der Waals surface area contributed by atoms with Crippen LogP contribution in [0.15, 0.2) is 0 Å². The Labute approximate surface area is 112 Å². The summed E-state index contributed by atoms with van der Waals surface area (Å²) in [5, 5.41) is 11.8. The Morgan fingerprint density at radius 1 is 1.32 bits per heavy atom. The highest BCUT2D eigenvalue weighted by Gasteiger charge is 2.31. The zero-order chi connectivity index (χ0) is 13.8. The molecule has 7 nitrogen and oxygen atoms in total. The second kappa shape index (κ2) is 6.21. The zero-order valence-electron chi connectivity index (χ0n) is 10.9. The highest BCUT2D eigenvalue weighted by atomic mass is 16.5. The van der Waals surface area contributed by atoms with E-state index in [1.807, 2.05) is 0 Å². The lowest BCUT2D eigenvalue weighted by molar-refractivity contribution is -0.154. The zero-order valence-corrected chi connectivity index (χ0v) is 10.9. The van der Waals surface area contributed by atoms with E-state index in [1.165, 1.54) is 4.90 Å². The molecule has 1 saturated heterocycles. The lowest BCUT2D eigenvalue weighted by atomic mass is 9.91. The first-order chi connectivity index (χ1) is 9.08. The minimum absolute atomic E-state index is 0.00555. The highest BCUT2D eigenvalue weighted by Crippen LogP contribution is 2.17. The first-order valence-corrected chi connectivity index (χ1v) is 6.73. The number of carbonyl (C=O) groups is 2. The second-order valence-electron chi connectivity index (χ2n) is 5.15. The molecule has 2 rings (SSSR count). The highest BCUT2D eigenvalue weighted by molar-refractivity contribution is 5.77. The molecule has 0 aromatic heterocycles. The van der Waals surface area contributed by atoms with Gasteiger partial charge >= 0.3 is 12.0 Å². The maximum Gasteiger partial charge on any atom is 0.334 e. The Morgan fingerprint density at radius 3 is 2.74 bits per heavy atom. The van der Waals surface area contributed by atoms with E-state index < -0.39 is 12.1 Å². The smallest absolute Gasteiger partial charge is 0.334 e. The molecule has 1 aliphatic heterocycles. The molecule has 1 heterocycles. The quantitative estimate of drug-likeness (QED) is 0.642. The number of carboxylic acids is 1. The van der Waals surface area contributed by atoms with Gasteiger partial charge in [-0.3, -0.25) is 0 Å². The Morgan fingerprint density at radius 2 is 2.05 bits per heavy atom. The van der Waals surface area contributed by atoms with Crippen molar-refractivity contribution < 1.29 is 19.4 Å². The van der Waals surface area contributed by atoms with Crippen molar-refractivity contribution in [1.82, 2.24) is 10.2 Å². The van der Waals surface area contributed by atoms with Crippen LogP contribution in [0.5, 0.6) is 0 Å². The third kappa shape index (κ3) is 3.57. The van der Waals surface area contributed by atoms with Crippen LogP contribution in [0.3, 0.4) is 0 Å². The average Bonchev–Trinajstić information content (AvgIpc) is 2.41. The fourth-order valence-corrected chi connectivity index (χ4v) is 2.57. The van der Waals surface area contributed by atoms with Crippen molar-refractivity contribution in [3.63, 3.8) is 0 Å². The molecule has 3 unspecified atom stereocenters. The van der Waals surface area contributed by atoms with Crippen molar-refractivity contribution in [2.75, 3.05) is 19.7 Å². The van der Waals surface area contributed by atoms with Crippen LogP contribution in [0.4, 0.5) is 4.79 Å². The van der Waals surface area contributed by atoms with Crippen LogP contribution in [0.1, 0.15) is 25.7 Å². The summed E-state index contributed by atoms with van der Waals surface area (Å²) in [5.74, 6) is -1.04. The number of hydrogen-bond acceptors (Lipinski definition) is 4. The molecule has 0 spiro atoms. The molecule has 0 radical (unpaired) electrons. The van der Waals surface area contributed by atoms with Gasteiger partial charge in [0.15, 0.2) is 6.10 Å². The summed E-state index contributed by atoms with van der Waals surface area (Å²) >= 11 is 0. The van der Waals surface area contributed by atoms with Gasteiger partial charge in [-0.2, -0.15) is 0 Å². The molecule has 2 aliphatic rings. The molecule has 7 heteroatoms. The van der Waals surface area contributed by atoms with Crippen LogP contribution in [0.25, 0.3) is 0 Å². The third-order valence-electron chi connectivity index (χ3n) is 3.76. The average molecular weight is 271 g/mol. The first-order valence-electron chi connectivity index (χ1n) is 6.73. The molecule has 108 valence electrons. The number of ether oxygens (including phenoxy) is 1. The van der Waals surface area contributed by atoms with E-state index in [0.717, 1.165) is 25.7 Å². The van der Waals surface area contributed by atoms with Gasteiger partial charge in [0, 0.05) is 18.6 Å². The van der Waals surface area contributed by atoms with E-state index in [1.54, 1.807) is 0 Å². The molecule has 3 atom stereocenters. The molecular formula is C12H21N3O4. The summed E-state index contributed by atoms with van der Waals surface area (Å²) < 4.78 is 5.08. The second-order valence-corrected chi connectivity index (χ2v) is 5.15. The van der Waals surface area contributed by atoms with Gasteiger partial charge in [0.1, 0.15) is 0 Å². The maximum absolute atomic E-state index is 12.1. The summed E-state index contributed by atoms with van der Waals surface area (Å²) in [6, 6.07) is -0.252. The SMILES string of the molecule is NC1CCCCC1NC(=O)N1CCOC(C(=O)O)C1. The summed E-state index contributed by atoms with van der Waals surface area (Å²) in [6.45, 7) is 0.752. The molecule has 1 aliphatic carbocycles. The summed E-state index contributed by atoms with van der Waals surface area (Å²) in [5.41, 5.74) is 5.98. The number of amides is 2. The number of rotatable bonds is 2. The largest absolute Gasteiger partial charge is 0.479 e. The van der Waals surface area contributed by atoms with E-state index in [-0.39, 0.29) is 31.3 Å². The Bertz CT molecular complexity index is 350. The van der Waals surface area contributed by atoms with Crippen molar-refractivity contribution in [2.24, 2.45) is 5.73 Å². The molecule has 0 aromatic carbocycles. The van der Waals surface area contributed by atoms with Gasteiger partial charge in [0.25, 0.3) is 0 Å². The van der Waals surface area contributed by atoms with E-state index in [9.17, 15) is 9.59 Å². The lowest BCUT2D eigenvalue weighted by Crippen LogP contribution is -2.57. The van der Waals surface area contributed by atoms with Gasteiger partial charge in [-0.25, -0.2) is 9.59 Å². The van der Waals surface area contributed by atoms with E-state index in [4.69, 9.17) is 15.6 Å². The third-order valence-corrected chi connectivity index (χ3v) is 3.76. The van der Waals surface area contributed by atoms with Crippen LogP contribution in [0, 0.1) is 0 Å². The van der Waals surface area contributed by atoms with E-state index in [2.05, 4.69) is 5.32 Å². The van der Waals surface area contributed by atoms with Gasteiger partial charge in [-0.05, 0) is 12.8 Å². The van der Waals surface area contributed by atoms with Crippen molar-refractivity contribution in [3.05, 3.63) is 0 Å². The fraction of sp³-hybridized carbons (Fsp3) is 0.833. The van der Waals surface area contributed by atoms with Gasteiger partial charge in [-0.15, -0.1) is 0 Å². The summed E-state index contributed by atoms with van der Waals surface area (Å²) in [6.07, 6.45) is 3.05. The minimum atomic E-state index is -1.04. The van der Waals surface area contributed by atoms with E-state index in [0.29, 0.717) is 6.54 Å². The molecular weight excluding hydrogens is 250 g/mol. The van der Waals surface area contributed by atoms with Crippen molar-refractivity contribution in [3.8, 4) is 0 Å². The predicted octanol–water partition coefficient (Wildman–Crippen LogP) is -0.249. The molecule has 4 N–H and O–H groups in total. The molecule has 19 heavy (non-hydrogen) atoms. The van der Waals surface area contributed by atoms with Crippen molar-refractivity contribution in [2.45, 2.75) is 43.9 Å². The van der Waals surface area contributed by atoms with Gasteiger partial charge in [-0.1, -0.05) is 12.8 Å². The number of nitrogens with two attached hydrogens (primary N) is 1. The summed E-state index contributed by atoms with van der Waals surface area (Å²) in [4.78, 5) is 24.4. The first kappa shape index (κ1) is 14.1. The molecule has 2 amide bonds. The normalized spacial score (nSPS) is 31.8. The summed E-state index contributed by atoms with van der Waals surface area (Å²) in [7, 11) is 0. The number of carbonyl (C=O) groups excluding carboxylic acids is 1. The van der Waals surface area contributed by atoms with Crippen LogP contribution in [-0.2, 0) is 9.53 Å². The number of urea groups is 1. The van der Waals surface area contributed by atoms with Gasteiger partial charge in [0.2, 0.25) is 0 Å². The number of morpholine rings is 1. The fourth-order valence-electron chi connectivity index (χ4n) is 2.57. The monoisotopic (exact) mass is 271 g/mol. The minimum Gasteiger partial charge on any atom is -0.479 e. The van der Waals surface area contributed by atoms with Crippen molar-refractivity contribution in [1.29, 1.82) is 0 Å². The van der Waals surface area contributed by atoms with Gasteiger partial charge in [0.05, 0.1) is 13.2 Å². The number of nitrogens with one attached hydrogen (secondary N) is 1. The standard InChI is InChI=1S/C12H21N3O4/c13-8-3-1-2-4-9(8)14-12(18)15-5-6-19-10(7-15)11(16)17/h8-10H,1-7,13H2,(H,14,18)(H,16,17). The Hall–Kier alpha value is -1.34. The van der Waals surface area contributed by atoms with Crippen LogP contribution >= 0.6 is 0 Å². The number of nitrogens with zero attached hydrogens (tertiary/aromatic N) is 1. The molecule has 2 fully saturated rings. The van der Waals surface area contributed by atoms with Crippen LogP contribution in [0.2, 0.25) is 0 Å². The maximum atomic E-state index is 12.1. The number of hydrogen-bond donors (Lipinski definition) is 3. The molecule has 0 bridgehead atoms. The number of carboxylic acid groups (broad SMARTS) is 1. The van der Waals surface area contributed by atoms with Crippen LogP contribution in [-0.4, -0.2) is 59.9 Å². The van der Waals surface area contributed by atoms with E-state index >= 15 is 0 Å².